The van der Waals surface area contributed by atoms with E-state index in [1.807, 2.05) is 19.2 Å². The van der Waals surface area contributed by atoms with Crippen molar-refractivity contribution in [3.63, 3.8) is 0 Å². The van der Waals surface area contributed by atoms with Crippen molar-refractivity contribution >= 4 is 33.4 Å². The van der Waals surface area contributed by atoms with Crippen molar-refractivity contribution in [2.45, 2.75) is 6.92 Å². The largest absolute Gasteiger partial charge is 0.261 e. The second-order valence-electron chi connectivity index (χ2n) is 2.76. The fourth-order valence-electron chi connectivity index (χ4n) is 1.29. The first-order valence-electron chi connectivity index (χ1n) is 3.78. The number of aryl methyl sites for hydroxylation is 1. The summed E-state index contributed by atoms with van der Waals surface area (Å²) in [7, 11) is 0. The molecule has 0 aliphatic carbocycles. The number of aromatic nitrogens is 1. The van der Waals surface area contributed by atoms with Crippen LogP contribution in [0.15, 0.2) is 30.5 Å². The Labute approximate surface area is 85.0 Å². The molecule has 1 aromatic heterocycles. The molecule has 0 unspecified atom stereocenters. The third-order valence-corrected chi connectivity index (χ3v) is 2.60. The zero-order chi connectivity index (χ0) is 8.55. The maximum absolute atomic E-state index is 4.25. The first-order chi connectivity index (χ1) is 5.77. The molecule has 0 amide bonds. The molecular formula is C10H8IN. The van der Waals surface area contributed by atoms with E-state index in [1.54, 1.807) is 0 Å². The fraction of sp³-hybridized carbons (Fsp3) is 0.100. The van der Waals surface area contributed by atoms with E-state index in [0.29, 0.717) is 0 Å². The van der Waals surface area contributed by atoms with Crippen molar-refractivity contribution in [3.05, 3.63) is 39.7 Å². The normalized spacial score (nSPS) is 10.5. The molecule has 0 radical (unpaired) electrons. The highest BCUT2D eigenvalue weighted by molar-refractivity contribution is 14.1. The third-order valence-electron chi connectivity index (χ3n) is 1.93. The number of pyridine rings is 1. The number of nitrogens with zero attached hydrogens (tertiary/aromatic N) is 1. The van der Waals surface area contributed by atoms with Gasteiger partial charge in [-0.05, 0) is 53.1 Å². The summed E-state index contributed by atoms with van der Waals surface area (Å²) < 4.78 is 1.26. The maximum atomic E-state index is 4.25. The summed E-state index contributed by atoms with van der Waals surface area (Å²) in [5.74, 6) is 0. The van der Waals surface area contributed by atoms with Crippen LogP contribution < -0.4 is 0 Å². The van der Waals surface area contributed by atoms with E-state index in [9.17, 15) is 0 Å². The second kappa shape index (κ2) is 3.01. The Morgan fingerprint density at radius 3 is 2.92 bits per heavy atom. The molecule has 2 aromatic rings. The van der Waals surface area contributed by atoms with Crippen molar-refractivity contribution < 1.29 is 0 Å². The van der Waals surface area contributed by atoms with Crippen LogP contribution in [-0.2, 0) is 0 Å². The smallest absolute Gasteiger partial charge is 0.0451 e. The van der Waals surface area contributed by atoms with Gasteiger partial charge in [0.1, 0.15) is 0 Å². The molecule has 60 valence electrons. The van der Waals surface area contributed by atoms with Crippen LogP contribution in [0.3, 0.4) is 0 Å². The molecule has 0 N–H and O–H groups in total. The van der Waals surface area contributed by atoms with Crippen LogP contribution in [0.1, 0.15) is 5.69 Å². The van der Waals surface area contributed by atoms with Crippen molar-refractivity contribution in [1.82, 2.24) is 4.98 Å². The van der Waals surface area contributed by atoms with E-state index in [2.05, 4.69) is 45.8 Å². The summed E-state index contributed by atoms with van der Waals surface area (Å²) in [5.41, 5.74) is 1.10. The van der Waals surface area contributed by atoms with Gasteiger partial charge in [0.15, 0.2) is 0 Å². The summed E-state index contributed by atoms with van der Waals surface area (Å²) >= 11 is 2.32. The molecule has 2 heteroatoms. The van der Waals surface area contributed by atoms with E-state index < -0.39 is 0 Å². The monoisotopic (exact) mass is 269 g/mol. The summed E-state index contributed by atoms with van der Waals surface area (Å²) in [6.45, 7) is 2.04. The summed E-state index contributed by atoms with van der Waals surface area (Å²) in [5, 5.41) is 2.52. The van der Waals surface area contributed by atoms with Crippen molar-refractivity contribution in [1.29, 1.82) is 0 Å². The minimum absolute atomic E-state index is 1.10. The number of benzene rings is 1. The second-order valence-corrected chi connectivity index (χ2v) is 4.01. The summed E-state index contributed by atoms with van der Waals surface area (Å²) in [4.78, 5) is 4.25. The summed E-state index contributed by atoms with van der Waals surface area (Å²) in [6.07, 6.45) is 1.85. The Hall–Kier alpha value is -0.640. The van der Waals surface area contributed by atoms with Gasteiger partial charge in [0.25, 0.3) is 0 Å². The third kappa shape index (κ3) is 1.31. The Bertz CT molecular complexity index is 423. The highest BCUT2D eigenvalue weighted by Crippen LogP contribution is 2.18. The van der Waals surface area contributed by atoms with Crippen LogP contribution in [0.2, 0.25) is 0 Å². The molecule has 0 saturated carbocycles. The average molecular weight is 269 g/mol. The lowest BCUT2D eigenvalue weighted by molar-refractivity contribution is 1.24. The molecule has 0 fully saturated rings. The van der Waals surface area contributed by atoms with Crippen LogP contribution >= 0.6 is 22.6 Å². The van der Waals surface area contributed by atoms with Crippen molar-refractivity contribution in [3.8, 4) is 0 Å². The lowest BCUT2D eigenvalue weighted by atomic mass is 10.1. The first-order valence-corrected chi connectivity index (χ1v) is 4.86. The van der Waals surface area contributed by atoms with Crippen LogP contribution in [0.4, 0.5) is 0 Å². The maximum Gasteiger partial charge on any atom is 0.0451 e. The lowest BCUT2D eigenvalue weighted by Crippen LogP contribution is -1.83. The Morgan fingerprint density at radius 1 is 1.25 bits per heavy atom. The SMILES string of the molecule is Cc1nccc2ccc(I)cc12. The van der Waals surface area contributed by atoms with Gasteiger partial charge in [-0.2, -0.15) is 0 Å². The molecule has 0 saturated heterocycles. The standard InChI is InChI=1S/C10H8IN/c1-7-10-6-9(11)3-2-8(10)4-5-12-7/h2-6H,1H3. The molecule has 0 atom stereocenters. The molecular weight excluding hydrogens is 261 g/mol. The minimum Gasteiger partial charge on any atom is -0.261 e. The Balaban J connectivity index is 2.88. The predicted molar refractivity (Wildman–Crippen MR) is 59.2 cm³/mol. The molecule has 0 bridgehead atoms. The van der Waals surface area contributed by atoms with Crippen molar-refractivity contribution in [2.75, 3.05) is 0 Å². The number of fused-ring (bicyclic) bond motifs is 1. The number of halogens is 1. The van der Waals surface area contributed by atoms with Gasteiger partial charge in [-0.25, -0.2) is 0 Å². The quantitative estimate of drug-likeness (QED) is 0.669. The van der Waals surface area contributed by atoms with Gasteiger partial charge in [-0.3, -0.25) is 4.98 Å². The number of rotatable bonds is 0. The van der Waals surface area contributed by atoms with Gasteiger partial charge in [-0.15, -0.1) is 0 Å². The van der Waals surface area contributed by atoms with Crippen LogP contribution in [0.5, 0.6) is 0 Å². The highest BCUT2D eigenvalue weighted by atomic mass is 127. The zero-order valence-electron chi connectivity index (χ0n) is 6.71. The molecule has 12 heavy (non-hydrogen) atoms. The predicted octanol–water partition coefficient (Wildman–Crippen LogP) is 3.15. The van der Waals surface area contributed by atoms with Gasteiger partial charge in [0.05, 0.1) is 0 Å². The van der Waals surface area contributed by atoms with Crippen LogP contribution in [0, 0.1) is 10.5 Å². The number of hydrogen-bond acceptors (Lipinski definition) is 1. The minimum atomic E-state index is 1.10. The molecule has 0 spiro atoms. The molecule has 0 aliphatic rings. The zero-order valence-corrected chi connectivity index (χ0v) is 8.87. The van der Waals surface area contributed by atoms with E-state index in [4.69, 9.17) is 0 Å². The van der Waals surface area contributed by atoms with E-state index in [0.717, 1.165) is 5.69 Å². The first kappa shape index (κ1) is 7.98. The van der Waals surface area contributed by atoms with Gasteiger partial charge in [0, 0.05) is 20.8 Å². The van der Waals surface area contributed by atoms with Crippen LogP contribution in [0.25, 0.3) is 10.8 Å². The lowest BCUT2D eigenvalue weighted by Gasteiger charge is -2.00. The number of hydrogen-bond donors (Lipinski definition) is 0. The van der Waals surface area contributed by atoms with Gasteiger partial charge in [0.2, 0.25) is 0 Å². The Morgan fingerprint density at radius 2 is 2.08 bits per heavy atom. The molecule has 1 nitrogen and oxygen atoms in total. The molecule has 0 aliphatic heterocycles. The van der Waals surface area contributed by atoms with Gasteiger partial charge in [-0.1, -0.05) is 6.07 Å². The van der Waals surface area contributed by atoms with Crippen molar-refractivity contribution in [2.24, 2.45) is 0 Å². The Kier molecular flexibility index (Phi) is 2.00. The molecule has 1 heterocycles. The average Bonchev–Trinajstić information content (AvgIpc) is 2.07. The van der Waals surface area contributed by atoms with E-state index in [-0.39, 0.29) is 0 Å². The van der Waals surface area contributed by atoms with E-state index in [1.165, 1.54) is 14.3 Å². The van der Waals surface area contributed by atoms with Gasteiger partial charge < -0.3 is 0 Å². The molecule has 1 aromatic carbocycles. The van der Waals surface area contributed by atoms with E-state index >= 15 is 0 Å². The molecule has 2 rings (SSSR count). The summed E-state index contributed by atoms with van der Waals surface area (Å²) in [6, 6.07) is 8.45. The highest BCUT2D eigenvalue weighted by Gasteiger charge is 1.96. The fourth-order valence-corrected chi connectivity index (χ4v) is 1.78. The van der Waals surface area contributed by atoms with Crippen LogP contribution in [-0.4, -0.2) is 4.98 Å². The topological polar surface area (TPSA) is 12.9 Å². The van der Waals surface area contributed by atoms with Gasteiger partial charge >= 0.3 is 0 Å².